The lowest BCUT2D eigenvalue weighted by Crippen LogP contribution is -2.12. The molecule has 0 saturated carbocycles. The Morgan fingerprint density at radius 3 is 2.20 bits per heavy atom. The van der Waals surface area contributed by atoms with Gasteiger partial charge in [0.2, 0.25) is 0 Å². The fourth-order valence-electron chi connectivity index (χ4n) is 6.00. The van der Waals surface area contributed by atoms with Gasteiger partial charge in [0.15, 0.2) is 0 Å². The highest BCUT2D eigenvalue weighted by molar-refractivity contribution is 6.10. The van der Waals surface area contributed by atoms with Crippen molar-refractivity contribution in [3.63, 3.8) is 0 Å². The van der Waals surface area contributed by atoms with Gasteiger partial charge in [-0.3, -0.25) is 9.13 Å². The zero-order chi connectivity index (χ0) is 30.5. The lowest BCUT2D eigenvalue weighted by Gasteiger charge is -2.20. The van der Waals surface area contributed by atoms with Crippen LogP contribution in [0.3, 0.4) is 0 Å². The van der Waals surface area contributed by atoms with Gasteiger partial charge >= 0.3 is 0 Å². The van der Waals surface area contributed by atoms with Gasteiger partial charge in [-0.15, -0.1) is 0 Å². The van der Waals surface area contributed by atoms with E-state index in [1.165, 1.54) is 22.1 Å². The molecule has 0 aliphatic carbocycles. The Balaban J connectivity index is 1.26. The first-order valence-electron chi connectivity index (χ1n) is 15.1. The zero-order valence-corrected chi connectivity index (χ0v) is 25.3. The third kappa shape index (κ3) is 4.81. The summed E-state index contributed by atoms with van der Waals surface area (Å²) < 4.78 is 10.7. The summed E-state index contributed by atoms with van der Waals surface area (Å²) >= 11 is 0. The average Bonchev–Trinajstić information content (AvgIpc) is 3.64. The number of para-hydroxylation sites is 2. The number of imidazole rings is 1. The summed E-state index contributed by atoms with van der Waals surface area (Å²) in [5, 5.41) is 2.30. The highest BCUT2D eigenvalue weighted by atomic mass is 16.5. The molecule has 6 nitrogen and oxygen atoms in total. The summed E-state index contributed by atoms with van der Waals surface area (Å²) in [5.41, 5.74) is 7.62. The van der Waals surface area contributed by atoms with Crippen LogP contribution in [0.5, 0.6) is 11.5 Å². The lowest BCUT2D eigenvalue weighted by atomic mass is 9.88. The molecule has 0 fully saturated rings. The molecule has 4 heterocycles. The average molecular weight is 586 g/mol. The summed E-state index contributed by atoms with van der Waals surface area (Å²) in [7, 11) is 0. The van der Waals surface area contributed by atoms with Gasteiger partial charge in [-0.2, -0.15) is 0 Å². The first-order chi connectivity index (χ1) is 21.9. The molecular weight excluding hydrogens is 554 g/mol. The summed E-state index contributed by atoms with van der Waals surface area (Å²) in [6.07, 6.45) is 5.47. The normalized spacial score (nSPS) is 11.9. The van der Waals surface area contributed by atoms with Crippen molar-refractivity contribution >= 4 is 32.8 Å². The molecule has 0 unspecified atom stereocenters. The van der Waals surface area contributed by atoms with Crippen LogP contribution in [-0.4, -0.2) is 24.1 Å². The Hall–Kier alpha value is -5.75. The molecule has 0 radical (unpaired) electrons. The molecule has 0 aliphatic heterocycles. The number of pyridine rings is 2. The SMILES string of the molecule is CC(C)(C)c1ccnc(-n2c3ccc(-c4ccccc4)cc3c3ccc(Oc4ccnc(-n5cnc6ccccc65)c4)cc32)c1. The minimum Gasteiger partial charge on any atom is -0.457 e. The number of benzene rings is 4. The molecule has 0 aliphatic rings. The van der Waals surface area contributed by atoms with Gasteiger partial charge < -0.3 is 4.74 Å². The summed E-state index contributed by atoms with van der Waals surface area (Å²) in [6.45, 7) is 6.68. The van der Waals surface area contributed by atoms with Crippen LogP contribution >= 0.6 is 0 Å². The van der Waals surface area contributed by atoms with E-state index in [9.17, 15) is 0 Å². The third-order valence-corrected chi connectivity index (χ3v) is 8.34. The first kappa shape index (κ1) is 26.8. The van der Waals surface area contributed by atoms with Gasteiger partial charge in [0.1, 0.15) is 29.5 Å². The second-order valence-electron chi connectivity index (χ2n) is 12.3. The molecule has 0 saturated heterocycles. The smallest absolute Gasteiger partial charge is 0.142 e. The van der Waals surface area contributed by atoms with Gasteiger partial charge in [0.25, 0.3) is 0 Å². The molecule has 218 valence electrons. The van der Waals surface area contributed by atoms with E-state index in [4.69, 9.17) is 9.72 Å². The molecule has 0 atom stereocenters. The van der Waals surface area contributed by atoms with E-state index in [1.54, 1.807) is 12.5 Å². The number of rotatable bonds is 5. The Labute approximate surface area is 261 Å². The first-order valence-corrected chi connectivity index (χ1v) is 15.1. The summed E-state index contributed by atoms with van der Waals surface area (Å²) in [6, 6.07) is 39.6. The van der Waals surface area contributed by atoms with E-state index in [0.717, 1.165) is 44.8 Å². The maximum atomic E-state index is 6.49. The summed E-state index contributed by atoms with van der Waals surface area (Å²) in [4.78, 5) is 14.0. The molecule has 4 aromatic carbocycles. The fraction of sp³-hybridized carbons (Fsp3) is 0.103. The second kappa shape index (κ2) is 10.5. The zero-order valence-electron chi connectivity index (χ0n) is 25.3. The predicted octanol–water partition coefficient (Wildman–Crippen LogP) is 9.67. The van der Waals surface area contributed by atoms with E-state index in [0.29, 0.717) is 5.75 Å². The van der Waals surface area contributed by atoms with Crippen LogP contribution in [0.25, 0.3) is 55.6 Å². The highest BCUT2D eigenvalue weighted by Crippen LogP contribution is 2.38. The molecule has 0 bridgehead atoms. The highest BCUT2D eigenvalue weighted by Gasteiger charge is 2.19. The molecule has 6 heteroatoms. The molecule has 0 spiro atoms. The van der Waals surface area contributed by atoms with Crippen molar-refractivity contribution in [2.24, 2.45) is 0 Å². The van der Waals surface area contributed by atoms with E-state index < -0.39 is 0 Å². The van der Waals surface area contributed by atoms with Crippen molar-refractivity contribution in [2.45, 2.75) is 26.2 Å². The van der Waals surface area contributed by atoms with Crippen LogP contribution in [0.15, 0.2) is 134 Å². The quantitative estimate of drug-likeness (QED) is 0.202. The van der Waals surface area contributed by atoms with E-state index >= 15 is 0 Å². The third-order valence-electron chi connectivity index (χ3n) is 8.34. The van der Waals surface area contributed by atoms with Crippen molar-refractivity contribution in [3.05, 3.63) is 140 Å². The van der Waals surface area contributed by atoms with Gasteiger partial charge in [-0.1, -0.05) is 69.3 Å². The van der Waals surface area contributed by atoms with Crippen LogP contribution < -0.4 is 4.74 Å². The second-order valence-corrected chi connectivity index (χ2v) is 12.3. The minimum absolute atomic E-state index is 0.00911. The van der Waals surface area contributed by atoms with Crippen LogP contribution in [-0.2, 0) is 5.41 Å². The van der Waals surface area contributed by atoms with E-state index in [2.05, 4.69) is 102 Å². The van der Waals surface area contributed by atoms with Crippen molar-refractivity contribution < 1.29 is 4.74 Å². The molecular formula is C39H31N5O. The maximum absolute atomic E-state index is 6.49. The molecule has 8 rings (SSSR count). The largest absolute Gasteiger partial charge is 0.457 e. The van der Waals surface area contributed by atoms with E-state index in [1.807, 2.05) is 59.3 Å². The fourth-order valence-corrected chi connectivity index (χ4v) is 6.00. The monoisotopic (exact) mass is 585 g/mol. The van der Waals surface area contributed by atoms with Crippen LogP contribution in [0, 0.1) is 0 Å². The van der Waals surface area contributed by atoms with Crippen molar-refractivity contribution in [3.8, 4) is 34.3 Å². The van der Waals surface area contributed by atoms with Gasteiger partial charge in [0.05, 0.1) is 22.1 Å². The Bertz CT molecular complexity index is 2340. The molecule has 0 amide bonds. The van der Waals surface area contributed by atoms with Gasteiger partial charge in [-0.25, -0.2) is 15.0 Å². The number of ether oxygens (including phenoxy) is 1. The Morgan fingerprint density at radius 2 is 1.33 bits per heavy atom. The standard InChI is InChI=1S/C39H31N5O/c1-39(2,3)28-17-19-41-38(22-28)44-34-16-13-27(26-9-5-4-6-10-26)21-32(34)31-15-14-29(23-36(31)44)45-30-18-20-40-37(24-30)43-25-42-33-11-7-8-12-35(33)43/h4-25H,1-3H3. The van der Waals surface area contributed by atoms with Gasteiger partial charge in [0, 0.05) is 35.3 Å². The Morgan fingerprint density at radius 1 is 0.556 bits per heavy atom. The number of hydrogen-bond donors (Lipinski definition) is 0. The predicted molar refractivity (Wildman–Crippen MR) is 182 cm³/mol. The lowest BCUT2D eigenvalue weighted by molar-refractivity contribution is 0.482. The topological polar surface area (TPSA) is 57.8 Å². The minimum atomic E-state index is -0.00911. The summed E-state index contributed by atoms with van der Waals surface area (Å²) in [5.74, 6) is 3.05. The van der Waals surface area contributed by atoms with Crippen LogP contribution in [0.4, 0.5) is 0 Å². The van der Waals surface area contributed by atoms with Crippen molar-refractivity contribution in [1.29, 1.82) is 0 Å². The van der Waals surface area contributed by atoms with Crippen LogP contribution in [0.1, 0.15) is 26.3 Å². The maximum Gasteiger partial charge on any atom is 0.142 e. The van der Waals surface area contributed by atoms with E-state index in [-0.39, 0.29) is 5.41 Å². The number of aromatic nitrogens is 5. The molecule has 45 heavy (non-hydrogen) atoms. The number of fused-ring (bicyclic) bond motifs is 4. The van der Waals surface area contributed by atoms with Crippen LogP contribution in [0.2, 0.25) is 0 Å². The molecule has 8 aromatic rings. The molecule has 4 aromatic heterocycles. The number of hydrogen-bond acceptors (Lipinski definition) is 4. The number of nitrogens with zero attached hydrogens (tertiary/aromatic N) is 5. The molecule has 0 N–H and O–H groups in total. The van der Waals surface area contributed by atoms with Gasteiger partial charge in [-0.05, 0) is 76.7 Å². The Kier molecular flexibility index (Phi) is 6.24. The van der Waals surface area contributed by atoms with Crippen molar-refractivity contribution in [2.75, 3.05) is 0 Å². The van der Waals surface area contributed by atoms with Crippen molar-refractivity contribution in [1.82, 2.24) is 24.1 Å².